The van der Waals surface area contributed by atoms with Crippen LogP contribution in [0, 0.1) is 5.92 Å². The standard InChI is InChI=1S/C15H15NO3S/c17-14-8-11(15(18)19)9-16(14)6-5-12-7-10-3-1-2-4-13(10)20-12/h1-4,7,11H,5-6,8-9H2,(H,18,19). The molecule has 4 nitrogen and oxygen atoms in total. The van der Waals surface area contributed by atoms with Crippen LogP contribution >= 0.6 is 11.3 Å². The zero-order valence-electron chi connectivity index (χ0n) is 10.9. The number of rotatable bonds is 4. The van der Waals surface area contributed by atoms with E-state index in [4.69, 9.17) is 5.11 Å². The molecule has 20 heavy (non-hydrogen) atoms. The van der Waals surface area contributed by atoms with Gasteiger partial charge in [-0.1, -0.05) is 18.2 Å². The van der Waals surface area contributed by atoms with E-state index in [1.54, 1.807) is 16.2 Å². The van der Waals surface area contributed by atoms with Gasteiger partial charge in [-0.3, -0.25) is 9.59 Å². The van der Waals surface area contributed by atoms with E-state index in [1.807, 2.05) is 12.1 Å². The highest BCUT2D eigenvalue weighted by molar-refractivity contribution is 7.19. The first-order valence-electron chi connectivity index (χ1n) is 6.61. The van der Waals surface area contributed by atoms with Crippen LogP contribution in [0.25, 0.3) is 10.1 Å². The van der Waals surface area contributed by atoms with E-state index in [-0.39, 0.29) is 12.3 Å². The second kappa shape index (κ2) is 5.25. The van der Waals surface area contributed by atoms with Gasteiger partial charge in [-0.15, -0.1) is 11.3 Å². The molecule has 1 aliphatic rings. The molecule has 0 spiro atoms. The van der Waals surface area contributed by atoms with Gasteiger partial charge in [0.1, 0.15) is 0 Å². The van der Waals surface area contributed by atoms with Gasteiger partial charge in [0.2, 0.25) is 5.91 Å². The van der Waals surface area contributed by atoms with Crippen LogP contribution in [0.3, 0.4) is 0 Å². The largest absolute Gasteiger partial charge is 0.481 e. The summed E-state index contributed by atoms with van der Waals surface area (Å²) in [5.41, 5.74) is 0. The summed E-state index contributed by atoms with van der Waals surface area (Å²) in [4.78, 5) is 25.6. The summed E-state index contributed by atoms with van der Waals surface area (Å²) in [6.45, 7) is 0.953. The Hall–Kier alpha value is -1.88. The Labute approximate surface area is 120 Å². The summed E-state index contributed by atoms with van der Waals surface area (Å²) in [7, 11) is 0. The van der Waals surface area contributed by atoms with Gasteiger partial charge in [0.25, 0.3) is 0 Å². The maximum atomic E-state index is 11.7. The first kappa shape index (κ1) is 13.1. The number of carboxylic acids is 1. The fraction of sp³-hybridized carbons (Fsp3) is 0.333. The molecule has 0 aliphatic carbocycles. The second-order valence-electron chi connectivity index (χ2n) is 5.08. The van der Waals surface area contributed by atoms with Crippen LogP contribution in [-0.4, -0.2) is 35.0 Å². The molecular formula is C15H15NO3S. The topological polar surface area (TPSA) is 57.6 Å². The Balaban J connectivity index is 1.64. The number of carboxylic acid groups (broad SMARTS) is 1. The molecule has 0 saturated carbocycles. The van der Waals surface area contributed by atoms with Gasteiger partial charge in [-0.05, 0) is 23.9 Å². The van der Waals surface area contributed by atoms with Crippen molar-refractivity contribution < 1.29 is 14.7 Å². The number of hydrogen-bond acceptors (Lipinski definition) is 3. The van der Waals surface area contributed by atoms with E-state index in [2.05, 4.69) is 18.2 Å². The minimum Gasteiger partial charge on any atom is -0.481 e. The first-order valence-corrected chi connectivity index (χ1v) is 7.43. The van der Waals surface area contributed by atoms with Gasteiger partial charge in [-0.25, -0.2) is 0 Å². The van der Waals surface area contributed by atoms with Crippen molar-refractivity contribution in [2.75, 3.05) is 13.1 Å². The summed E-state index contributed by atoms with van der Waals surface area (Å²) >= 11 is 1.73. The zero-order valence-corrected chi connectivity index (χ0v) is 11.7. The van der Waals surface area contributed by atoms with Gasteiger partial charge >= 0.3 is 5.97 Å². The van der Waals surface area contributed by atoms with Gasteiger partial charge < -0.3 is 10.0 Å². The summed E-state index contributed by atoms with van der Waals surface area (Å²) in [5, 5.41) is 10.2. The number of thiophene rings is 1. The van der Waals surface area contributed by atoms with Crippen molar-refractivity contribution in [3.05, 3.63) is 35.2 Å². The van der Waals surface area contributed by atoms with Crippen LogP contribution in [-0.2, 0) is 16.0 Å². The highest BCUT2D eigenvalue weighted by Crippen LogP contribution is 2.26. The number of benzene rings is 1. The number of fused-ring (bicyclic) bond motifs is 1. The lowest BCUT2D eigenvalue weighted by atomic mass is 10.1. The average Bonchev–Trinajstić information content (AvgIpc) is 2.99. The minimum absolute atomic E-state index is 0.0430. The molecule has 0 bridgehead atoms. The molecule has 1 fully saturated rings. The maximum absolute atomic E-state index is 11.7. The molecule has 1 unspecified atom stereocenters. The quantitative estimate of drug-likeness (QED) is 0.940. The fourth-order valence-electron chi connectivity index (χ4n) is 2.56. The molecule has 5 heteroatoms. The first-order chi connectivity index (χ1) is 9.63. The number of carbonyl (C=O) groups is 2. The monoisotopic (exact) mass is 289 g/mol. The average molecular weight is 289 g/mol. The van der Waals surface area contributed by atoms with Crippen LogP contribution in [0.5, 0.6) is 0 Å². The summed E-state index contributed by atoms with van der Waals surface area (Å²) in [5.74, 6) is -1.45. The lowest BCUT2D eigenvalue weighted by molar-refractivity contribution is -0.141. The third-order valence-corrected chi connectivity index (χ3v) is 4.84. The molecule has 1 aliphatic heterocycles. The normalized spacial score (nSPS) is 18.9. The Kier molecular flexibility index (Phi) is 3.44. The van der Waals surface area contributed by atoms with Crippen molar-refractivity contribution in [1.29, 1.82) is 0 Å². The van der Waals surface area contributed by atoms with Crippen LogP contribution in [0.4, 0.5) is 0 Å². The molecule has 1 aromatic carbocycles. The van der Waals surface area contributed by atoms with Gasteiger partial charge in [0.15, 0.2) is 0 Å². The van der Waals surface area contributed by atoms with Crippen LogP contribution in [0.1, 0.15) is 11.3 Å². The van der Waals surface area contributed by atoms with Gasteiger partial charge in [0, 0.05) is 29.1 Å². The van der Waals surface area contributed by atoms with Crippen molar-refractivity contribution in [3.8, 4) is 0 Å². The molecule has 1 atom stereocenters. The smallest absolute Gasteiger partial charge is 0.308 e. The molecule has 3 rings (SSSR count). The number of likely N-dealkylation sites (tertiary alicyclic amines) is 1. The number of hydrogen-bond donors (Lipinski definition) is 1. The van der Waals surface area contributed by atoms with Crippen molar-refractivity contribution in [3.63, 3.8) is 0 Å². The fourth-order valence-corrected chi connectivity index (χ4v) is 3.61. The van der Waals surface area contributed by atoms with Crippen molar-refractivity contribution in [2.24, 2.45) is 5.92 Å². The molecule has 1 aromatic heterocycles. The van der Waals surface area contributed by atoms with Gasteiger partial charge in [0.05, 0.1) is 5.92 Å². The molecule has 2 heterocycles. The summed E-state index contributed by atoms with van der Waals surface area (Å²) in [6, 6.07) is 10.3. The SMILES string of the molecule is O=C(O)C1CC(=O)N(CCc2cc3ccccc3s2)C1. The third-order valence-electron chi connectivity index (χ3n) is 3.67. The Morgan fingerprint density at radius 2 is 2.20 bits per heavy atom. The number of carbonyl (C=O) groups excluding carboxylic acids is 1. The molecule has 0 radical (unpaired) electrons. The molecular weight excluding hydrogens is 274 g/mol. The van der Waals surface area contributed by atoms with Crippen molar-refractivity contribution in [1.82, 2.24) is 4.90 Å². The lowest BCUT2D eigenvalue weighted by Gasteiger charge is -2.14. The summed E-state index contributed by atoms with van der Waals surface area (Å²) in [6.07, 6.45) is 0.930. The van der Waals surface area contributed by atoms with E-state index >= 15 is 0 Å². The Morgan fingerprint density at radius 3 is 2.90 bits per heavy atom. The van der Waals surface area contributed by atoms with E-state index in [9.17, 15) is 9.59 Å². The van der Waals surface area contributed by atoms with E-state index < -0.39 is 11.9 Å². The highest BCUT2D eigenvalue weighted by Gasteiger charge is 2.33. The number of aliphatic carboxylic acids is 1. The molecule has 1 amide bonds. The number of nitrogens with zero attached hydrogens (tertiary/aromatic N) is 1. The van der Waals surface area contributed by atoms with Crippen LogP contribution < -0.4 is 0 Å². The second-order valence-corrected chi connectivity index (χ2v) is 6.25. The molecule has 104 valence electrons. The Bertz CT molecular complexity index is 631. The predicted octanol–water partition coefficient (Wildman–Crippen LogP) is 2.38. The highest BCUT2D eigenvalue weighted by atomic mass is 32.1. The minimum atomic E-state index is -0.872. The van der Waals surface area contributed by atoms with Crippen LogP contribution in [0.15, 0.2) is 30.3 Å². The van der Waals surface area contributed by atoms with E-state index in [0.29, 0.717) is 13.1 Å². The zero-order chi connectivity index (χ0) is 14.1. The third kappa shape index (κ3) is 2.54. The molecule has 2 aromatic rings. The molecule has 1 saturated heterocycles. The summed E-state index contributed by atoms with van der Waals surface area (Å²) < 4.78 is 1.25. The maximum Gasteiger partial charge on any atom is 0.308 e. The van der Waals surface area contributed by atoms with E-state index in [1.165, 1.54) is 15.0 Å². The van der Waals surface area contributed by atoms with Gasteiger partial charge in [-0.2, -0.15) is 0 Å². The van der Waals surface area contributed by atoms with Crippen molar-refractivity contribution >= 4 is 33.3 Å². The molecule has 1 N–H and O–H groups in total. The van der Waals surface area contributed by atoms with Crippen molar-refractivity contribution in [2.45, 2.75) is 12.8 Å². The Morgan fingerprint density at radius 1 is 1.40 bits per heavy atom. The predicted molar refractivity (Wildman–Crippen MR) is 77.9 cm³/mol. The lowest BCUT2D eigenvalue weighted by Crippen LogP contribution is -2.28. The van der Waals surface area contributed by atoms with Crippen LogP contribution in [0.2, 0.25) is 0 Å². The number of amides is 1. The van der Waals surface area contributed by atoms with E-state index in [0.717, 1.165) is 6.42 Å².